The van der Waals surface area contributed by atoms with E-state index in [9.17, 15) is 24.6 Å². The highest BCUT2D eigenvalue weighted by molar-refractivity contribution is 5.92. The summed E-state index contributed by atoms with van der Waals surface area (Å²) in [6.45, 7) is 1.62. The van der Waals surface area contributed by atoms with Gasteiger partial charge in [0.1, 0.15) is 12.1 Å². The van der Waals surface area contributed by atoms with Crippen LogP contribution in [0.3, 0.4) is 0 Å². The zero-order valence-corrected chi connectivity index (χ0v) is 19.0. The van der Waals surface area contributed by atoms with Crippen molar-refractivity contribution in [3.8, 4) is 11.1 Å². The monoisotopic (exact) mass is 464 g/mol. The van der Waals surface area contributed by atoms with E-state index in [1.54, 1.807) is 6.92 Å². The number of hydrogen-bond acceptors (Lipinski definition) is 5. The molecule has 3 N–H and O–H groups in total. The molecule has 2 unspecified atom stereocenters. The van der Waals surface area contributed by atoms with E-state index in [-0.39, 0.29) is 43.9 Å². The summed E-state index contributed by atoms with van der Waals surface area (Å²) in [5, 5.41) is 22.3. The number of rotatable bonds is 6. The highest BCUT2D eigenvalue weighted by Gasteiger charge is 2.54. The number of likely N-dealkylation sites (tertiary alicyclic amines) is 1. The van der Waals surface area contributed by atoms with Gasteiger partial charge in [0.2, 0.25) is 5.91 Å². The fraction of sp³-hybridized carbons (Fsp3) is 0.423. The lowest BCUT2D eigenvalue weighted by Gasteiger charge is -2.33. The Morgan fingerprint density at radius 2 is 1.68 bits per heavy atom. The van der Waals surface area contributed by atoms with E-state index in [1.165, 1.54) is 4.90 Å². The molecular weight excluding hydrogens is 436 g/mol. The Hall–Kier alpha value is -3.39. The Morgan fingerprint density at radius 1 is 1.09 bits per heavy atom. The zero-order chi connectivity index (χ0) is 24.1. The van der Waals surface area contributed by atoms with E-state index in [1.807, 2.05) is 36.4 Å². The van der Waals surface area contributed by atoms with Crippen molar-refractivity contribution in [1.82, 2.24) is 10.2 Å². The van der Waals surface area contributed by atoms with E-state index < -0.39 is 23.2 Å². The second-order valence-electron chi connectivity index (χ2n) is 9.74. The summed E-state index contributed by atoms with van der Waals surface area (Å²) >= 11 is 0. The number of hydrogen-bond donors (Lipinski definition) is 3. The van der Waals surface area contributed by atoms with Crippen molar-refractivity contribution in [1.29, 1.82) is 0 Å². The smallest absolute Gasteiger partial charge is 0.408 e. The van der Waals surface area contributed by atoms with Gasteiger partial charge in [0, 0.05) is 18.9 Å². The Morgan fingerprint density at radius 3 is 2.21 bits per heavy atom. The predicted octanol–water partition coefficient (Wildman–Crippen LogP) is 2.74. The van der Waals surface area contributed by atoms with Gasteiger partial charge >= 0.3 is 12.1 Å². The number of alkyl carbamates (subject to hydrolysis) is 1. The van der Waals surface area contributed by atoms with Crippen LogP contribution < -0.4 is 5.32 Å². The maximum absolute atomic E-state index is 13.3. The number of aliphatic carboxylic acids is 1. The van der Waals surface area contributed by atoms with E-state index in [2.05, 4.69) is 17.4 Å². The van der Waals surface area contributed by atoms with Gasteiger partial charge in [-0.1, -0.05) is 48.5 Å². The summed E-state index contributed by atoms with van der Waals surface area (Å²) in [5.74, 6) is -1.88. The number of carbonyl (C=O) groups excluding carboxylic acids is 2. The molecule has 8 heteroatoms. The van der Waals surface area contributed by atoms with Gasteiger partial charge in [-0.3, -0.25) is 4.79 Å². The van der Waals surface area contributed by atoms with Crippen molar-refractivity contribution in [2.75, 3.05) is 19.7 Å². The highest BCUT2D eigenvalue weighted by Crippen LogP contribution is 2.45. The van der Waals surface area contributed by atoms with Gasteiger partial charge in [0.25, 0.3) is 0 Å². The first-order valence-electron chi connectivity index (χ1n) is 11.6. The molecule has 1 aliphatic heterocycles. The fourth-order valence-corrected chi connectivity index (χ4v) is 5.31. The summed E-state index contributed by atoms with van der Waals surface area (Å²) in [6, 6.07) is 16.1. The molecule has 34 heavy (non-hydrogen) atoms. The van der Waals surface area contributed by atoms with Gasteiger partial charge in [-0.25, -0.2) is 9.59 Å². The number of carbonyl (C=O) groups is 3. The molecule has 1 heterocycles. The van der Waals surface area contributed by atoms with Crippen LogP contribution in [0.15, 0.2) is 48.5 Å². The normalized spacial score (nSPS) is 23.1. The molecule has 0 radical (unpaired) electrons. The van der Waals surface area contributed by atoms with Gasteiger partial charge in [-0.15, -0.1) is 0 Å². The van der Waals surface area contributed by atoms with Crippen LogP contribution >= 0.6 is 0 Å². The minimum atomic E-state index is -1.95. The molecule has 1 saturated carbocycles. The molecule has 2 fully saturated rings. The van der Waals surface area contributed by atoms with Crippen molar-refractivity contribution in [3.63, 3.8) is 0 Å². The first kappa shape index (κ1) is 22.4. The Labute approximate surface area is 197 Å². The Balaban J connectivity index is 1.28. The Kier molecular flexibility index (Phi) is 5.36. The molecule has 0 aromatic heterocycles. The quantitative estimate of drug-likeness (QED) is 0.605. The van der Waals surface area contributed by atoms with Crippen LogP contribution in [-0.2, 0) is 14.3 Å². The van der Waals surface area contributed by atoms with Crippen molar-refractivity contribution in [2.45, 2.75) is 43.2 Å². The van der Waals surface area contributed by atoms with Crippen molar-refractivity contribution in [2.24, 2.45) is 5.92 Å². The van der Waals surface area contributed by atoms with Gasteiger partial charge in [-0.2, -0.15) is 0 Å². The molecule has 2 aromatic rings. The number of fused-ring (bicyclic) bond motifs is 3. The largest absolute Gasteiger partial charge is 0.479 e. The van der Waals surface area contributed by atoms with E-state index in [0.717, 1.165) is 35.1 Å². The van der Waals surface area contributed by atoms with Crippen LogP contribution in [0.1, 0.15) is 43.2 Å². The predicted molar refractivity (Wildman–Crippen MR) is 123 cm³/mol. The van der Waals surface area contributed by atoms with Crippen LogP contribution in [-0.4, -0.2) is 63.9 Å². The van der Waals surface area contributed by atoms with Crippen molar-refractivity contribution < 1.29 is 29.3 Å². The highest BCUT2D eigenvalue weighted by atomic mass is 16.5. The lowest BCUT2D eigenvalue weighted by atomic mass is 9.94. The molecule has 0 spiro atoms. The van der Waals surface area contributed by atoms with Gasteiger partial charge in [0.15, 0.2) is 5.60 Å². The molecule has 5 rings (SSSR count). The van der Waals surface area contributed by atoms with E-state index in [0.29, 0.717) is 0 Å². The molecule has 2 aliphatic carbocycles. The molecular formula is C26H28N2O6. The SMILES string of the molecule is CC(NC(=O)OCC1c2ccccc2-c2ccccc21)(C(=O)N1CCC(O)(C(=O)O)C1)C1CC1. The molecule has 178 valence electrons. The number of β-amino-alcohol motifs (C(OH)–C–C–N with tert-alkyl or cyclic N) is 1. The first-order chi connectivity index (χ1) is 16.2. The molecule has 2 atom stereocenters. The van der Waals surface area contributed by atoms with E-state index in [4.69, 9.17) is 4.74 Å². The molecule has 0 bridgehead atoms. The van der Waals surface area contributed by atoms with Crippen molar-refractivity contribution >= 4 is 18.0 Å². The van der Waals surface area contributed by atoms with Gasteiger partial charge < -0.3 is 25.2 Å². The van der Waals surface area contributed by atoms with Crippen LogP contribution in [0.25, 0.3) is 11.1 Å². The molecule has 2 aromatic carbocycles. The standard InChI is InChI=1S/C26H28N2O6/c1-25(16-10-11-16,22(29)28-13-12-26(33,15-28)23(30)31)27-24(32)34-14-21-19-8-4-2-6-17(19)18-7-3-5-9-20(18)21/h2-9,16,21,33H,10-15H2,1H3,(H,27,32)(H,30,31). The second-order valence-corrected chi connectivity index (χ2v) is 9.74. The van der Waals surface area contributed by atoms with Crippen LogP contribution in [0.4, 0.5) is 4.79 Å². The number of benzene rings is 2. The topological polar surface area (TPSA) is 116 Å². The third-order valence-corrected chi connectivity index (χ3v) is 7.48. The van der Waals surface area contributed by atoms with Crippen LogP contribution in [0.2, 0.25) is 0 Å². The first-order valence-corrected chi connectivity index (χ1v) is 11.6. The van der Waals surface area contributed by atoms with Crippen LogP contribution in [0.5, 0.6) is 0 Å². The maximum atomic E-state index is 13.3. The number of ether oxygens (including phenoxy) is 1. The number of carboxylic acid groups (broad SMARTS) is 1. The van der Waals surface area contributed by atoms with E-state index >= 15 is 0 Å². The third-order valence-electron chi connectivity index (χ3n) is 7.48. The zero-order valence-electron chi connectivity index (χ0n) is 19.0. The molecule has 8 nitrogen and oxygen atoms in total. The second kappa shape index (κ2) is 8.13. The molecule has 2 amide bonds. The summed E-state index contributed by atoms with van der Waals surface area (Å²) in [5.41, 5.74) is 1.29. The van der Waals surface area contributed by atoms with Gasteiger partial charge in [-0.05, 0) is 47.9 Å². The average molecular weight is 465 g/mol. The minimum absolute atomic E-state index is 0.0419. The summed E-state index contributed by atoms with van der Waals surface area (Å²) < 4.78 is 5.64. The molecule has 1 saturated heterocycles. The number of amides is 2. The summed E-state index contributed by atoms with van der Waals surface area (Å²) in [7, 11) is 0. The Bertz CT molecular complexity index is 1120. The minimum Gasteiger partial charge on any atom is -0.479 e. The van der Waals surface area contributed by atoms with Crippen molar-refractivity contribution in [3.05, 3.63) is 59.7 Å². The number of carboxylic acids is 1. The number of aliphatic hydroxyl groups is 1. The summed E-state index contributed by atoms with van der Waals surface area (Å²) in [6.07, 6.45) is 0.836. The van der Waals surface area contributed by atoms with Gasteiger partial charge in [0.05, 0.1) is 6.54 Å². The lowest BCUT2D eigenvalue weighted by Crippen LogP contribution is -2.59. The maximum Gasteiger partial charge on any atom is 0.408 e. The van der Waals surface area contributed by atoms with Crippen LogP contribution in [0, 0.1) is 5.92 Å². The number of nitrogens with one attached hydrogen (secondary N) is 1. The number of nitrogens with zero attached hydrogens (tertiary/aromatic N) is 1. The fourth-order valence-electron chi connectivity index (χ4n) is 5.31. The average Bonchev–Trinajstić information content (AvgIpc) is 3.54. The summed E-state index contributed by atoms with van der Waals surface area (Å²) in [4.78, 5) is 38.9. The molecule has 3 aliphatic rings. The lowest BCUT2D eigenvalue weighted by molar-refractivity contribution is -0.157. The third kappa shape index (κ3) is 3.72.